The fraction of sp³-hybridized carbons (Fsp3) is 0.154. The number of aliphatic carboxylic acids is 1. The van der Waals surface area contributed by atoms with Crippen molar-refractivity contribution in [2.24, 2.45) is 0 Å². The van der Waals surface area contributed by atoms with Gasteiger partial charge < -0.3 is 10.2 Å². The Morgan fingerprint density at radius 2 is 1.95 bits per heavy atom. The number of alkyl halides is 3. The van der Waals surface area contributed by atoms with Crippen LogP contribution in [-0.2, 0) is 17.5 Å². The van der Waals surface area contributed by atoms with Gasteiger partial charge in [-0.1, -0.05) is 0 Å². The second-order valence-electron chi connectivity index (χ2n) is 4.36. The van der Waals surface area contributed by atoms with E-state index in [0.717, 1.165) is 23.2 Å². The summed E-state index contributed by atoms with van der Waals surface area (Å²) in [6.45, 7) is -0.652. The van der Waals surface area contributed by atoms with Crippen molar-refractivity contribution in [1.82, 2.24) is 9.55 Å². The molecule has 2 N–H and O–H groups in total. The molecule has 0 aliphatic carbocycles. The molecule has 0 aliphatic rings. The van der Waals surface area contributed by atoms with Crippen LogP contribution in [0.1, 0.15) is 5.56 Å². The van der Waals surface area contributed by atoms with E-state index in [9.17, 15) is 27.9 Å². The Bertz CT molecular complexity index is 784. The van der Waals surface area contributed by atoms with E-state index in [-0.39, 0.29) is 11.1 Å². The SMILES string of the molecule is O=C(O)Cn1cncc(-c2ccc(C(F)(F)F)cc2O)c1=O. The second kappa shape index (κ2) is 5.51. The van der Waals surface area contributed by atoms with Crippen molar-refractivity contribution in [1.29, 1.82) is 0 Å². The maximum absolute atomic E-state index is 12.5. The van der Waals surface area contributed by atoms with E-state index in [4.69, 9.17) is 5.11 Å². The predicted molar refractivity (Wildman–Crippen MR) is 68.2 cm³/mol. The molecule has 1 heterocycles. The second-order valence-corrected chi connectivity index (χ2v) is 4.36. The first-order chi connectivity index (χ1) is 10.2. The monoisotopic (exact) mass is 314 g/mol. The minimum Gasteiger partial charge on any atom is -0.507 e. The van der Waals surface area contributed by atoms with Crippen molar-refractivity contribution in [3.8, 4) is 16.9 Å². The minimum absolute atomic E-state index is 0.162. The molecular weight excluding hydrogens is 305 g/mol. The fourth-order valence-corrected chi connectivity index (χ4v) is 1.83. The molecular formula is C13H9F3N2O4. The summed E-state index contributed by atoms with van der Waals surface area (Å²) in [5.41, 5.74) is -2.21. The zero-order valence-electron chi connectivity index (χ0n) is 10.8. The highest BCUT2D eigenvalue weighted by atomic mass is 19.4. The Morgan fingerprint density at radius 3 is 2.50 bits per heavy atom. The van der Waals surface area contributed by atoms with Crippen LogP contribution < -0.4 is 5.56 Å². The summed E-state index contributed by atoms with van der Waals surface area (Å²) in [5, 5.41) is 18.4. The number of hydrogen-bond donors (Lipinski definition) is 2. The lowest BCUT2D eigenvalue weighted by atomic mass is 10.0. The van der Waals surface area contributed by atoms with Gasteiger partial charge in [0.15, 0.2) is 0 Å². The van der Waals surface area contributed by atoms with Crippen LogP contribution in [-0.4, -0.2) is 25.7 Å². The van der Waals surface area contributed by atoms with Crippen LogP contribution in [0.2, 0.25) is 0 Å². The summed E-state index contributed by atoms with van der Waals surface area (Å²) < 4.78 is 38.4. The van der Waals surface area contributed by atoms with Crippen molar-refractivity contribution >= 4 is 5.97 Å². The molecule has 22 heavy (non-hydrogen) atoms. The van der Waals surface area contributed by atoms with Crippen molar-refractivity contribution in [3.05, 3.63) is 46.6 Å². The summed E-state index contributed by atoms with van der Waals surface area (Å²) in [4.78, 5) is 26.3. The molecule has 0 unspecified atom stereocenters. The number of carboxylic acids is 1. The Kier molecular flexibility index (Phi) is 3.89. The van der Waals surface area contributed by atoms with Gasteiger partial charge in [0.2, 0.25) is 0 Å². The van der Waals surface area contributed by atoms with E-state index >= 15 is 0 Å². The van der Waals surface area contributed by atoms with Crippen LogP contribution in [0.15, 0.2) is 35.5 Å². The summed E-state index contributed by atoms with van der Waals surface area (Å²) in [6, 6.07) is 2.13. The van der Waals surface area contributed by atoms with Gasteiger partial charge in [-0.25, -0.2) is 4.98 Å². The molecule has 0 amide bonds. The molecule has 0 radical (unpaired) electrons. The number of phenols is 1. The van der Waals surface area contributed by atoms with Gasteiger partial charge in [-0.2, -0.15) is 13.2 Å². The number of rotatable bonds is 3. The largest absolute Gasteiger partial charge is 0.507 e. The first-order valence-electron chi connectivity index (χ1n) is 5.87. The quantitative estimate of drug-likeness (QED) is 0.900. The Morgan fingerprint density at radius 1 is 1.27 bits per heavy atom. The van der Waals surface area contributed by atoms with Gasteiger partial charge in [0.1, 0.15) is 12.3 Å². The Balaban J connectivity index is 2.54. The highest BCUT2D eigenvalue weighted by Gasteiger charge is 2.31. The molecule has 2 aromatic rings. The highest BCUT2D eigenvalue weighted by Crippen LogP contribution is 2.35. The van der Waals surface area contributed by atoms with Crippen molar-refractivity contribution in [3.63, 3.8) is 0 Å². The maximum Gasteiger partial charge on any atom is 0.416 e. The zero-order valence-corrected chi connectivity index (χ0v) is 10.8. The summed E-state index contributed by atoms with van der Waals surface area (Å²) in [6.07, 6.45) is -2.60. The molecule has 0 saturated carbocycles. The minimum atomic E-state index is -4.63. The average molecular weight is 314 g/mol. The lowest BCUT2D eigenvalue weighted by Gasteiger charge is -2.10. The number of phenolic OH excluding ortho intramolecular Hbond substituents is 1. The maximum atomic E-state index is 12.5. The van der Waals surface area contributed by atoms with Crippen molar-refractivity contribution < 1.29 is 28.2 Å². The number of aromatic nitrogens is 2. The van der Waals surface area contributed by atoms with E-state index in [2.05, 4.69) is 4.98 Å². The molecule has 1 aromatic carbocycles. The number of nitrogens with zero attached hydrogens (tertiary/aromatic N) is 2. The molecule has 2 rings (SSSR count). The number of carbonyl (C=O) groups is 1. The summed E-state index contributed by atoms with van der Waals surface area (Å²) in [5.74, 6) is -2.03. The van der Waals surface area contributed by atoms with E-state index in [1.807, 2.05) is 0 Å². The van der Waals surface area contributed by atoms with E-state index in [1.165, 1.54) is 0 Å². The van der Waals surface area contributed by atoms with Gasteiger partial charge in [-0.15, -0.1) is 0 Å². The van der Waals surface area contributed by atoms with Gasteiger partial charge in [-0.3, -0.25) is 14.2 Å². The summed E-state index contributed by atoms with van der Waals surface area (Å²) >= 11 is 0. The summed E-state index contributed by atoms with van der Waals surface area (Å²) in [7, 11) is 0. The molecule has 0 spiro atoms. The Hall–Kier alpha value is -2.84. The molecule has 0 fully saturated rings. The van der Waals surface area contributed by atoms with Crippen LogP contribution >= 0.6 is 0 Å². The first-order valence-corrected chi connectivity index (χ1v) is 5.87. The third kappa shape index (κ3) is 3.08. The topological polar surface area (TPSA) is 92.4 Å². The molecule has 1 aromatic heterocycles. The van der Waals surface area contributed by atoms with Crippen LogP contribution in [0.3, 0.4) is 0 Å². The van der Waals surface area contributed by atoms with Gasteiger partial charge in [0.05, 0.1) is 17.5 Å². The average Bonchev–Trinajstić information content (AvgIpc) is 2.40. The molecule has 0 saturated heterocycles. The smallest absolute Gasteiger partial charge is 0.416 e. The lowest BCUT2D eigenvalue weighted by Crippen LogP contribution is -2.25. The van der Waals surface area contributed by atoms with Gasteiger partial charge in [-0.05, 0) is 18.2 Å². The molecule has 0 aliphatic heterocycles. The predicted octanol–water partition coefficient (Wildman–Crippen LogP) is 1.72. The van der Waals surface area contributed by atoms with Crippen molar-refractivity contribution in [2.75, 3.05) is 0 Å². The van der Waals surface area contributed by atoms with E-state index in [1.54, 1.807) is 0 Å². The molecule has 0 atom stereocenters. The van der Waals surface area contributed by atoms with Gasteiger partial charge >= 0.3 is 12.1 Å². The van der Waals surface area contributed by atoms with Crippen LogP contribution in [0.5, 0.6) is 5.75 Å². The number of halogens is 3. The van der Waals surface area contributed by atoms with Crippen molar-refractivity contribution in [2.45, 2.75) is 12.7 Å². The number of benzene rings is 1. The number of hydrogen-bond acceptors (Lipinski definition) is 4. The molecule has 0 bridgehead atoms. The van der Waals surface area contributed by atoms with E-state index in [0.29, 0.717) is 12.1 Å². The fourth-order valence-electron chi connectivity index (χ4n) is 1.83. The molecule has 116 valence electrons. The van der Waals surface area contributed by atoms with Crippen LogP contribution in [0, 0.1) is 0 Å². The normalized spacial score (nSPS) is 11.4. The standard InChI is InChI=1S/C13H9F3N2O4/c14-13(15,16)7-1-2-8(10(19)3-7)9-4-17-6-18(12(9)22)5-11(20)21/h1-4,6,19H,5H2,(H,20,21). The van der Waals surface area contributed by atoms with Gasteiger partial charge in [0.25, 0.3) is 5.56 Å². The molecule has 6 nitrogen and oxygen atoms in total. The highest BCUT2D eigenvalue weighted by molar-refractivity contribution is 5.70. The van der Waals surface area contributed by atoms with Crippen LogP contribution in [0.4, 0.5) is 13.2 Å². The first kappa shape index (κ1) is 15.5. The van der Waals surface area contributed by atoms with Gasteiger partial charge in [0, 0.05) is 11.8 Å². The number of carboxylic acid groups (broad SMARTS) is 1. The third-order valence-electron chi connectivity index (χ3n) is 2.82. The zero-order chi connectivity index (χ0) is 16.5. The molecule has 9 heteroatoms. The van der Waals surface area contributed by atoms with Crippen LogP contribution in [0.25, 0.3) is 11.1 Å². The lowest BCUT2D eigenvalue weighted by molar-refractivity contribution is -0.138. The van der Waals surface area contributed by atoms with E-state index < -0.39 is 35.6 Å². The number of aromatic hydroxyl groups is 1. The third-order valence-corrected chi connectivity index (χ3v) is 2.82. The Labute approximate surface area is 121 Å².